The summed E-state index contributed by atoms with van der Waals surface area (Å²) in [6, 6.07) is 8.10. The van der Waals surface area contributed by atoms with Crippen molar-refractivity contribution >= 4 is 27.8 Å². The van der Waals surface area contributed by atoms with Crippen LogP contribution in [0.25, 0.3) is 11.4 Å². The van der Waals surface area contributed by atoms with Crippen molar-refractivity contribution in [3.63, 3.8) is 0 Å². The Balaban J connectivity index is 1.60. The average Bonchev–Trinajstić information content (AvgIpc) is 3.00. The summed E-state index contributed by atoms with van der Waals surface area (Å²) in [6.45, 7) is 2.21. The summed E-state index contributed by atoms with van der Waals surface area (Å²) >= 11 is 3.57. The largest absolute Gasteiger partial charge is 0.443 e. The van der Waals surface area contributed by atoms with Gasteiger partial charge in [0.2, 0.25) is 0 Å². The molecule has 0 amide bonds. The Morgan fingerprint density at radius 1 is 1.16 bits per heavy atom. The molecule has 3 aromatic rings. The summed E-state index contributed by atoms with van der Waals surface area (Å²) in [7, 11) is 1.86. The van der Waals surface area contributed by atoms with Crippen LogP contribution in [-0.4, -0.2) is 30.8 Å². The van der Waals surface area contributed by atoms with Gasteiger partial charge in [-0.1, -0.05) is 25.1 Å². The van der Waals surface area contributed by atoms with Crippen molar-refractivity contribution < 1.29 is 9.84 Å². The maximum absolute atomic E-state index is 10.7. The number of aromatic nitrogens is 4. The van der Waals surface area contributed by atoms with Gasteiger partial charge in [-0.2, -0.15) is 10.1 Å². The van der Waals surface area contributed by atoms with Crippen molar-refractivity contribution in [1.82, 2.24) is 19.7 Å². The molecule has 0 fully saturated rings. The average molecular weight is 482 g/mol. The number of aliphatic hydroxyl groups excluding tert-OH is 1. The van der Waals surface area contributed by atoms with Crippen LogP contribution in [0.15, 0.2) is 39.9 Å². The fraction of sp³-hybridized carbons (Fsp3) is 0.391. The van der Waals surface area contributed by atoms with Gasteiger partial charge >= 0.3 is 0 Å². The molecule has 0 bridgehead atoms. The van der Waals surface area contributed by atoms with Gasteiger partial charge in [0, 0.05) is 25.2 Å². The second-order valence-corrected chi connectivity index (χ2v) is 9.08. The van der Waals surface area contributed by atoms with Gasteiger partial charge in [-0.25, -0.2) is 9.97 Å². The number of aryl methyl sites for hydroxylation is 2. The standard InChI is InChI=1S/C23H24BrN5O2/c1-13-10-11-19(31-18-9-4-3-6-14(13)18)26-23-25-16-7-5-8-17(30)20(16)22(27-23)21-15(24)12-29(2)28-21/h3-4,6,9,12-13,17,30H,5,7-8,10-11H2,1-2H3. The first-order valence-corrected chi connectivity index (χ1v) is 11.4. The molecule has 1 N–H and O–H groups in total. The number of para-hydroxylation sites is 1. The number of aliphatic hydroxyl groups is 1. The third-order valence-electron chi connectivity index (χ3n) is 5.94. The van der Waals surface area contributed by atoms with Crippen LogP contribution in [0.4, 0.5) is 5.95 Å². The van der Waals surface area contributed by atoms with Crippen LogP contribution >= 0.6 is 15.9 Å². The van der Waals surface area contributed by atoms with E-state index in [0.717, 1.165) is 40.7 Å². The van der Waals surface area contributed by atoms with Gasteiger partial charge in [0.05, 0.1) is 16.3 Å². The molecule has 31 heavy (non-hydrogen) atoms. The Labute approximate surface area is 189 Å². The predicted molar refractivity (Wildman–Crippen MR) is 122 cm³/mol. The number of benzene rings is 1. The van der Waals surface area contributed by atoms with Crippen LogP contribution in [-0.2, 0) is 13.5 Å². The van der Waals surface area contributed by atoms with Crippen molar-refractivity contribution in [2.24, 2.45) is 12.0 Å². The molecule has 1 aromatic carbocycles. The highest BCUT2D eigenvalue weighted by atomic mass is 79.9. The molecule has 0 saturated carbocycles. The molecule has 0 spiro atoms. The first-order valence-electron chi connectivity index (χ1n) is 10.6. The third-order valence-corrected chi connectivity index (χ3v) is 6.52. The van der Waals surface area contributed by atoms with Gasteiger partial charge in [-0.05, 0) is 59.2 Å². The van der Waals surface area contributed by atoms with Crippen molar-refractivity contribution in [2.75, 3.05) is 0 Å². The minimum atomic E-state index is -0.601. The number of halogens is 1. The van der Waals surface area contributed by atoms with E-state index in [1.54, 1.807) is 4.68 Å². The highest BCUT2D eigenvalue weighted by molar-refractivity contribution is 9.10. The highest BCUT2D eigenvalue weighted by Crippen LogP contribution is 2.39. The number of ether oxygens (including phenoxy) is 1. The second kappa shape index (κ2) is 8.16. The van der Waals surface area contributed by atoms with Gasteiger partial charge in [-0.15, -0.1) is 0 Å². The van der Waals surface area contributed by atoms with Crippen LogP contribution < -0.4 is 4.74 Å². The topological polar surface area (TPSA) is 85.4 Å². The molecular formula is C23H24BrN5O2. The zero-order chi connectivity index (χ0) is 21.5. The Bertz CT molecular complexity index is 1170. The first kappa shape index (κ1) is 20.3. The zero-order valence-electron chi connectivity index (χ0n) is 17.5. The normalized spacial score (nSPS) is 21.9. The van der Waals surface area contributed by atoms with Gasteiger partial charge in [0.25, 0.3) is 5.95 Å². The van der Waals surface area contributed by atoms with Gasteiger partial charge in [0.1, 0.15) is 17.1 Å². The predicted octanol–water partition coefficient (Wildman–Crippen LogP) is 5.02. The highest BCUT2D eigenvalue weighted by Gasteiger charge is 2.28. The minimum Gasteiger partial charge on any atom is -0.443 e. The smallest absolute Gasteiger partial charge is 0.253 e. The van der Waals surface area contributed by atoms with E-state index in [0.29, 0.717) is 42.0 Å². The van der Waals surface area contributed by atoms with Crippen LogP contribution in [0.5, 0.6) is 5.75 Å². The number of nitrogens with zero attached hydrogens (tertiary/aromatic N) is 5. The molecule has 160 valence electrons. The fourth-order valence-electron chi connectivity index (χ4n) is 4.35. The van der Waals surface area contributed by atoms with E-state index in [4.69, 9.17) is 19.7 Å². The SMILES string of the molecule is CC1CCC(=Nc2nc3c(c(-c4nn(C)cc4Br)n2)C(O)CCC3)Oc2ccccc21. The van der Waals surface area contributed by atoms with Crippen LogP contribution in [0, 0.1) is 0 Å². The molecule has 2 aromatic heterocycles. The summed E-state index contributed by atoms with van der Waals surface area (Å²) in [5.74, 6) is 2.19. The Kier molecular flexibility index (Phi) is 5.35. The van der Waals surface area contributed by atoms with Gasteiger partial charge in [0.15, 0.2) is 5.90 Å². The molecular weight excluding hydrogens is 458 g/mol. The number of fused-ring (bicyclic) bond motifs is 2. The molecule has 1 aliphatic carbocycles. The maximum Gasteiger partial charge on any atom is 0.253 e. The lowest BCUT2D eigenvalue weighted by Crippen LogP contribution is -2.15. The Morgan fingerprint density at radius 3 is 2.81 bits per heavy atom. The molecule has 5 rings (SSSR count). The van der Waals surface area contributed by atoms with Crippen molar-refractivity contribution in [3.8, 4) is 17.1 Å². The molecule has 1 aliphatic heterocycles. The summed E-state index contributed by atoms with van der Waals surface area (Å²) in [4.78, 5) is 14.1. The van der Waals surface area contributed by atoms with E-state index in [2.05, 4.69) is 34.0 Å². The number of hydrogen-bond donors (Lipinski definition) is 1. The van der Waals surface area contributed by atoms with E-state index in [1.165, 1.54) is 5.56 Å². The van der Waals surface area contributed by atoms with Crippen LogP contribution in [0.2, 0.25) is 0 Å². The lowest BCUT2D eigenvalue weighted by Gasteiger charge is -2.22. The molecule has 7 nitrogen and oxygen atoms in total. The maximum atomic E-state index is 10.7. The van der Waals surface area contributed by atoms with E-state index >= 15 is 0 Å². The number of rotatable bonds is 2. The number of hydrogen-bond acceptors (Lipinski definition) is 6. The fourth-order valence-corrected chi connectivity index (χ4v) is 4.91. The monoisotopic (exact) mass is 481 g/mol. The lowest BCUT2D eigenvalue weighted by molar-refractivity contribution is 0.155. The first-order chi connectivity index (χ1) is 15.0. The zero-order valence-corrected chi connectivity index (χ0v) is 19.1. The van der Waals surface area contributed by atoms with Crippen LogP contribution in [0.3, 0.4) is 0 Å². The molecule has 0 radical (unpaired) electrons. The summed E-state index contributed by atoms with van der Waals surface area (Å²) < 4.78 is 8.71. The van der Waals surface area contributed by atoms with E-state index in [-0.39, 0.29) is 0 Å². The Morgan fingerprint density at radius 2 is 2.00 bits per heavy atom. The quantitative estimate of drug-likeness (QED) is 0.555. The van der Waals surface area contributed by atoms with E-state index < -0.39 is 6.10 Å². The number of aliphatic imine (C=N–C) groups is 1. The third kappa shape index (κ3) is 3.90. The van der Waals surface area contributed by atoms with E-state index in [1.807, 2.05) is 31.4 Å². The molecule has 2 atom stereocenters. The van der Waals surface area contributed by atoms with Crippen LogP contribution in [0.1, 0.15) is 61.4 Å². The van der Waals surface area contributed by atoms with Crippen molar-refractivity contribution in [3.05, 3.63) is 51.8 Å². The second-order valence-electron chi connectivity index (χ2n) is 8.23. The summed E-state index contributed by atoms with van der Waals surface area (Å²) in [5.41, 5.74) is 4.11. The minimum absolute atomic E-state index is 0.349. The van der Waals surface area contributed by atoms with Gasteiger partial charge in [-0.3, -0.25) is 4.68 Å². The van der Waals surface area contributed by atoms with E-state index in [9.17, 15) is 5.11 Å². The summed E-state index contributed by atoms with van der Waals surface area (Å²) in [5, 5.41) is 15.3. The van der Waals surface area contributed by atoms with Gasteiger partial charge < -0.3 is 9.84 Å². The molecule has 3 heterocycles. The Hall–Kier alpha value is -2.58. The van der Waals surface area contributed by atoms with Crippen molar-refractivity contribution in [2.45, 2.75) is 51.0 Å². The molecule has 2 unspecified atom stereocenters. The molecule has 2 aliphatic rings. The summed E-state index contributed by atoms with van der Waals surface area (Å²) in [6.07, 6.45) is 5.28. The molecule has 8 heteroatoms. The van der Waals surface area contributed by atoms with Crippen molar-refractivity contribution in [1.29, 1.82) is 0 Å². The molecule has 0 saturated heterocycles. The lowest BCUT2D eigenvalue weighted by atomic mass is 9.91.